The molecule has 4 N–H and O–H groups in total. The van der Waals surface area contributed by atoms with Crippen molar-refractivity contribution in [2.24, 2.45) is 5.92 Å². The third-order valence-corrected chi connectivity index (χ3v) is 7.01. The van der Waals surface area contributed by atoms with E-state index in [-0.39, 0.29) is 49.3 Å². The SMILES string of the molecule is CC(C)C[C@H]1NC(=O)[C@@H](C)NC(=O)c2cc(on2)CN(C(=O)c2cccnc2)CCNC(=O)[C@@H](Cc2ccccc2)NC1=O. The van der Waals surface area contributed by atoms with Crippen LogP contribution in [0, 0.1) is 5.92 Å². The summed E-state index contributed by atoms with van der Waals surface area (Å²) in [5, 5.41) is 14.7. The second-order valence-corrected chi connectivity index (χ2v) is 11.1. The molecule has 2 bridgehead atoms. The van der Waals surface area contributed by atoms with Crippen molar-refractivity contribution in [3.8, 4) is 0 Å². The van der Waals surface area contributed by atoms with E-state index in [4.69, 9.17) is 4.52 Å². The van der Waals surface area contributed by atoms with Crippen molar-refractivity contribution in [2.75, 3.05) is 13.1 Å². The van der Waals surface area contributed by atoms with Crippen molar-refractivity contribution >= 4 is 29.5 Å². The van der Waals surface area contributed by atoms with Crippen molar-refractivity contribution in [2.45, 2.75) is 58.3 Å². The maximum absolute atomic E-state index is 13.5. The van der Waals surface area contributed by atoms with Crippen LogP contribution < -0.4 is 21.3 Å². The van der Waals surface area contributed by atoms with Gasteiger partial charge in [-0.1, -0.05) is 49.3 Å². The Labute approximate surface area is 255 Å². The number of pyridine rings is 1. The number of rotatable bonds is 5. The molecule has 2 aromatic heterocycles. The maximum atomic E-state index is 13.5. The molecule has 5 amide bonds. The number of carbonyl (C=O) groups is 5. The standard InChI is InChI=1S/C31H37N7O6/c1-19(2)14-24-29(41)36-25(15-21-8-5-4-6-9-21)28(40)33-12-13-38(31(43)22-10-7-11-32-17-22)18-23-16-26(37-44-23)30(42)34-20(3)27(39)35-24/h4-11,16-17,19-20,24-25H,12-15,18H2,1-3H3,(H,33,40)(H,34,42)(H,35,39)(H,36,41)/t20-,24-,25-/m1/s1. The fraction of sp³-hybridized carbons (Fsp3) is 0.387. The van der Waals surface area contributed by atoms with Gasteiger partial charge < -0.3 is 30.7 Å². The smallest absolute Gasteiger partial charge is 0.274 e. The number of carbonyl (C=O) groups excluding carboxylic acids is 5. The van der Waals surface area contributed by atoms with E-state index < -0.39 is 41.8 Å². The van der Waals surface area contributed by atoms with Gasteiger partial charge in [0.05, 0.1) is 12.1 Å². The molecular formula is C31H37N7O6. The summed E-state index contributed by atoms with van der Waals surface area (Å²) < 4.78 is 5.35. The first-order valence-electron chi connectivity index (χ1n) is 14.5. The number of fused-ring (bicyclic) bond motifs is 2. The Kier molecular flexibility index (Phi) is 10.8. The highest BCUT2D eigenvalue weighted by Crippen LogP contribution is 2.13. The van der Waals surface area contributed by atoms with Crippen molar-refractivity contribution in [3.05, 3.63) is 83.5 Å². The van der Waals surface area contributed by atoms with Gasteiger partial charge in [-0.25, -0.2) is 0 Å². The Morgan fingerprint density at radius 3 is 2.43 bits per heavy atom. The summed E-state index contributed by atoms with van der Waals surface area (Å²) in [5.41, 5.74) is 1.07. The van der Waals surface area contributed by atoms with Gasteiger partial charge in [-0.2, -0.15) is 0 Å². The Bertz CT molecular complexity index is 1460. The molecule has 1 aliphatic rings. The van der Waals surface area contributed by atoms with Crippen LogP contribution in [0.1, 0.15) is 59.4 Å². The normalized spacial score (nSPS) is 20.5. The zero-order chi connectivity index (χ0) is 31.6. The molecule has 1 aromatic carbocycles. The Balaban J connectivity index is 1.64. The van der Waals surface area contributed by atoms with Crippen molar-refractivity contribution in [3.63, 3.8) is 0 Å². The number of nitrogens with zero attached hydrogens (tertiary/aromatic N) is 3. The second-order valence-electron chi connectivity index (χ2n) is 11.1. The number of hydrogen-bond acceptors (Lipinski definition) is 8. The summed E-state index contributed by atoms with van der Waals surface area (Å²) in [7, 11) is 0. The summed E-state index contributed by atoms with van der Waals surface area (Å²) in [6.45, 7) is 5.38. The van der Waals surface area contributed by atoms with E-state index in [2.05, 4.69) is 31.4 Å². The van der Waals surface area contributed by atoms with Gasteiger partial charge in [0.1, 0.15) is 18.1 Å². The fourth-order valence-electron chi connectivity index (χ4n) is 4.71. The molecule has 3 aromatic rings. The van der Waals surface area contributed by atoms with Crippen LogP contribution >= 0.6 is 0 Å². The van der Waals surface area contributed by atoms with Crippen LogP contribution in [0.25, 0.3) is 0 Å². The van der Waals surface area contributed by atoms with Gasteiger partial charge in [0, 0.05) is 38.0 Å². The molecule has 44 heavy (non-hydrogen) atoms. The summed E-state index contributed by atoms with van der Waals surface area (Å²) in [6, 6.07) is 10.9. The topological polar surface area (TPSA) is 176 Å². The first-order valence-corrected chi connectivity index (χ1v) is 14.5. The molecule has 0 radical (unpaired) electrons. The molecule has 0 saturated heterocycles. The van der Waals surface area contributed by atoms with Crippen LogP contribution in [0.4, 0.5) is 0 Å². The molecule has 0 aliphatic carbocycles. The minimum atomic E-state index is -1.02. The van der Waals surface area contributed by atoms with Crippen molar-refractivity contribution in [1.82, 2.24) is 36.3 Å². The van der Waals surface area contributed by atoms with E-state index in [1.807, 2.05) is 44.2 Å². The minimum absolute atomic E-state index is 0.0343. The Morgan fingerprint density at radius 2 is 1.73 bits per heavy atom. The van der Waals surface area contributed by atoms with Gasteiger partial charge >= 0.3 is 0 Å². The average Bonchev–Trinajstić information content (AvgIpc) is 3.48. The molecule has 0 fully saturated rings. The van der Waals surface area contributed by atoms with E-state index >= 15 is 0 Å². The van der Waals surface area contributed by atoms with Gasteiger partial charge in [0.15, 0.2) is 11.5 Å². The third-order valence-electron chi connectivity index (χ3n) is 7.01. The van der Waals surface area contributed by atoms with Crippen molar-refractivity contribution in [1.29, 1.82) is 0 Å². The summed E-state index contributed by atoms with van der Waals surface area (Å²) in [4.78, 5) is 71.7. The molecule has 1 aliphatic heterocycles. The van der Waals surface area contributed by atoms with Crippen LogP contribution in [-0.2, 0) is 27.3 Å². The molecule has 232 valence electrons. The molecule has 3 atom stereocenters. The largest absolute Gasteiger partial charge is 0.359 e. The molecule has 0 spiro atoms. The summed E-state index contributed by atoms with van der Waals surface area (Å²) >= 11 is 0. The number of benzene rings is 1. The monoisotopic (exact) mass is 603 g/mol. The Morgan fingerprint density at radius 1 is 0.977 bits per heavy atom. The minimum Gasteiger partial charge on any atom is -0.359 e. The number of nitrogens with one attached hydrogen (secondary N) is 4. The lowest BCUT2D eigenvalue weighted by Crippen LogP contribution is -2.57. The maximum Gasteiger partial charge on any atom is 0.274 e. The number of aromatic nitrogens is 2. The number of hydrogen-bond donors (Lipinski definition) is 4. The Hall–Kier alpha value is -5.07. The molecule has 4 rings (SSSR count). The highest BCUT2D eigenvalue weighted by Gasteiger charge is 2.30. The fourth-order valence-corrected chi connectivity index (χ4v) is 4.71. The van der Waals surface area contributed by atoms with Gasteiger partial charge in [-0.05, 0) is 37.0 Å². The third kappa shape index (κ3) is 8.72. The molecule has 0 saturated carbocycles. The van der Waals surface area contributed by atoms with E-state index in [9.17, 15) is 24.0 Å². The highest BCUT2D eigenvalue weighted by molar-refractivity contribution is 5.98. The molecule has 3 heterocycles. The van der Waals surface area contributed by atoms with Gasteiger partial charge in [-0.15, -0.1) is 0 Å². The quantitative estimate of drug-likeness (QED) is 0.337. The van der Waals surface area contributed by atoms with E-state index in [1.54, 1.807) is 18.3 Å². The van der Waals surface area contributed by atoms with Crippen LogP contribution in [0.15, 0.2) is 65.4 Å². The second kappa shape index (κ2) is 14.9. The van der Waals surface area contributed by atoms with Crippen LogP contribution in [0.5, 0.6) is 0 Å². The first kappa shape index (κ1) is 31.9. The van der Waals surface area contributed by atoms with Gasteiger partial charge in [0.25, 0.3) is 11.8 Å². The van der Waals surface area contributed by atoms with E-state index in [1.165, 1.54) is 24.1 Å². The number of amides is 5. The van der Waals surface area contributed by atoms with Gasteiger partial charge in [-0.3, -0.25) is 29.0 Å². The van der Waals surface area contributed by atoms with Gasteiger partial charge in [0.2, 0.25) is 17.7 Å². The summed E-state index contributed by atoms with van der Waals surface area (Å²) in [6.07, 6.45) is 3.48. The van der Waals surface area contributed by atoms with Crippen molar-refractivity contribution < 1.29 is 28.5 Å². The lowest BCUT2D eigenvalue weighted by molar-refractivity contribution is -0.132. The van der Waals surface area contributed by atoms with E-state index in [0.717, 1.165) is 5.56 Å². The molecular weight excluding hydrogens is 566 g/mol. The average molecular weight is 604 g/mol. The molecule has 0 unspecified atom stereocenters. The zero-order valence-corrected chi connectivity index (χ0v) is 24.9. The predicted molar refractivity (Wildman–Crippen MR) is 159 cm³/mol. The lowest BCUT2D eigenvalue weighted by atomic mass is 10.0. The van der Waals surface area contributed by atoms with Crippen LogP contribution in [0.3, 0.4) is 0 Å². The molecule has 13 nitrogen and oxygen atoms in total. The first-order chi connectivity index (χ1) is 21.1. The van der Waals surface area contributed by atoms with E-state index in [0.29, 0.717) is 12.0 Å². The molecule has 13 heteroatoms. The highest BCUT2D eigenvalue weighted by atomic mass is 16.5. The van der Waals surface area contributed by atoms with Crippen LogP contribution in [-0.4, -0.2) is 75.8 Å². The zero-order valence-electron chi connectivity index (χ0n) is 24.9. The predicted octanol–water partition coefficient (Wildman–Crippen LogP) is 1.22. The van der Waals surface area contributed by atoms with Crippen LogP contribution in [0.2, 0.25) is 0 Å². The lowest BCUT2D eigenvalue weighted by Gasteiger charge is -2.26. The summed E-state index contributed by atoms with van der Waals surface area (Å²) in [5.74, 6) is -2.34.